The minimum absolute atomic E-state index is 0.136. The summed E-state index contributed by atoms with van der Waals surface area (Å²) in [7, 11) is 1.40. The van der Waals surface area contributed by atoms with Crippen molar-refractivity contribution in [3.63, 3.8) is 0 Å². The van der Waals surface area contributed by atoms with Gasteiger partial charge in [0.25, 0.3) is 5.91 Å². The van der Waals surface area contributed by atoms with E-state index < -0.39 is 5.91 Å². The summed E-state index contributed by atoms with van der Waals surface area (Å²) in [5.74, 6) is 0.0981. The molecular formula is C15H24N4O5. The fourth-order valence-electron chi connectivity index (χ4n) is 2.50. The van der Waals surface area contributed by atoms with Crippen LogP contribution in [0.5, 0.6) is 0 Å². The highest BCUT2D eigenvalue weighted by Crippen LogP contribution is 2.24. The van der Waals surface area contributed by atoms with Gasteiger partial charge in [-0.3, -0.25) is 9.59 Å². The second-order valence-corrected chi connectivity index (χ2v) is 5.78. The molecule has 0 aromatic carbocycles. The van der Waals surface area contributed by atoms with E-state index in [2.05, 4.69) is 9.84 Å². The van der Waals surface area contributed by atoms with Crippen LogP contribution in [-0.4, -0.2) is 55.2 Å². The summed E-state index contributed by atoms with van der Waals surface area (Å²) >= 11 is 0. The van der Waals surface area contributed by atoms with Crippen molar-refractivity contribution in [3.05, 3.63) is 11.8 Å². The highest BCUT2D eigenvalue weighted by atomic mass is 16.5. The zero-order chi connectivity index (χ0) is 17.5. The van der Waals surface area contributed by atoms with E-state index in [1.807, 2.05) is 0 Å². The zero-order valence-electron chi connectivity index (χ0n) is 13.8. The van der Waals surface area contributed by atoms with Crippen molar-refractivity contribution in [2.75, 3.05) is 39.3 Å². The maximum atomic E-state index is 11.0. The lowest BCUT2D eigenvalue weighted by Crippen LogP contribution is -2.29. The number of nitrogen functional groups attached to an aromatic ring is 1. The molecule has 24 heavy (non-hydrogen) atoms. The molecule has 4 N–H and O–H groups in total. The number of esters is 1. The van der Waals surface area contributed by atoms with Crippen LogP contribution in [0.3, 0.4) is 0 Å². The van der Waals surface area contributed by atoms with Crippen LogP contribution in [0, 0.1) is 5.92 Å². The largest absolute Gasteiger partial charge is 0.469 e. The van der Waals surface area contributed by atoms with Crippen LogP contribution < -0.4 is 11.5 Å². The van der Waals surface area contributed by atoms with Crippen molar-refractivity contribution in [1.29, 1.82) is 0 Å². The van der Waals surface area contributed by atoms with Gasteiger partial charge in [0.05, 0.1) is 39.0 Å². The Kier molecular flexibility index (Phi) is 6.56. The number of nitrogens with two attached hydrogens (primary N) is 2. The number of amides is 1. The second-order valence-electron chi connectivity index (χ2n) is 5.78. The van der Waals surface area contributed by atoms with Crippen molar-refractivity contribution < 1.29 is 23.8 Å². The normalized spacial score (nSPS) is 18.2. The third-order valence-corrected chi connectivity index (χ3v) is 4.03. The molecule has 0 aliphatic carbocycles. The van der Waals surface area contributed by atoms with Gasteiger partial charge in [0.1, 0.15) is 11.4 Å². The first-order valence-electron chi connectivity index (χ1n) is 7.88. The van der Waals surface area contributed by atoms with Gasteiger partial charge in [-0.15, -0.1) is 0 Å². The van der Waals surface area contributed by atoms with Crippen molar-refractivity contribution in [2.24, 2.45) is 11.7 Å². The number of carbonyl (C=O) groups is 2. The Morgan fingerprint density at radius 2 is 2.00 bits per heavy atom. The highest BCUT2D eigenvalue weighted by Gasteiger charge is 2.22. The lowest BCUT2D eigenvalue weighted by molar-refractivity contribution is -0.146. The fourth-order valence-corrected chi connectivity index (χ4v) is 2.50. The zero-order valence-corrected chi connectivity index (χ0v) is 13.8. The van der Waals surface area contributed by atoms with Crippen LogP contribution in [0.2, 0.25) is 0 Å². The SMILES string of the molecule is COC(=O)CC1COC1.NC(=O)c1cnn(C2CCOCC2)c1N. The van der Waals surface area contributed by atoms with Gasteiger partial charge in [-0.05, 0) is 12.8 Å². The number of hydrogen-bond donors (Lipinski definition) is 2. The van der Waals surface area contributed by atoms with Gasteiger partial charge in [-0.2, -0.15) is 5.10 Å². The highest BCUT2D eigenvalue weighted by molar-refractivity contribution is 5.96. The van der Waals surface area contributed by atoms with Crippen LogP contribution in [0.15, 0.2) is 6.20 Å². The van der Waals surface area contributed by atoms with E-state index in [1.54, 1.807) is 4.68 Å². The smallest absolute Gasteiger partial charge is 0.305 e. The Hall–Kier alpha value is -2.13. The molecule has 2 aliphatic heterocycles. The van der Waals surface area contributed by atoms with E-state index >= 15 is 0 Å². The first-order chi connectivity index (χ1) is 11.5. The molecule has 0 spiro atoms. The van der Waals surface area contributed by atoms with Gasteiger partial charge >= 0.3 is 5.97 Å². The monoisotopic (exact) mass is 340 g/mol. The standard InChI is InChI=1S/C9H14N4O2.C6H10O3/c10-8-7(9(11)14)5-12-13(8)6-1-3-15-4-2-6;1-8-6(7)2-5-3-9-4-5/h5-6H,1-4,10H2,(H2,11,14);5H,2-4H2,1H3. The molecule has 1 aromatic heterocycles. The Labute approximate surface area is 140 Å². The molecule has 3 heterocycles. The predicted molar refractivity (Wildman–Crippen MR) is 85.2 cm³/mol. The molecule has 1 amide bonds. The van der Waals surface area contributed by atoms with E-state index in [0.29, 0.717) is 36.9 Å². The number of aromatic nitrogens is 2. The number of anilines is 1. The summed E-state index contributed by atoms with van der Waals surface area (Å²) in [4.78, 5) is 21.5. The van der Waals surface area contributed by atoms with Crippen LogP contribution >= 0.6 is 0 Å². The molecule has 0 unspecified atom stereocenters. The number of ether oxygens (including phenoxy) is 3. The number of rotatable bonds is 4. The lowest BCUT2D eigenvalue weighted by atomic mass is 10.1. The van der Waals surface area contributed by atoms with E-state index in [1.165, 1.54) is 13.3 Å². The molecule has 0 saturated carbocycles. The first-order valence-corrected chi connectivity index (χ1v) is 7.88. The molecule has 9 nitrogen and oxygen atoms in total. The number of nitrogens with zero attached hydrogens (tertiary/aromatic N) is 2. The summed E-state index contributed by atoms with van der Waals surface area (Å²) in [6, 6.07) is 0.215. The van der Waals surface area contributed by atoms with Crippen LogP contribution in [0.25, 0.3) is 0 Å². The van der Waals surface area contributed by atoms with Gasteiger partial charge in [0, 0.05) is 19.1 Å². The summed E-state index contributed by atoms with van der Waals surface area (Å²) in [5, 5.41) is 4.10. The number of hydrogen-bond acceptors (Lipinski definition) is 7. The van der Waals surface area contributed by atoms with Crippen molar-refractivity contribution in [3.8, 4) is 0 Å². The summed E-state index contributed by atoms with van der Waals surface area (Å²) < 4.78 is 16.2. The van der Waals surface area contributed by atoms with Crippen molar-refractivity contribution in [1.82, 2.24) is 9.78 Å². The van der Waals surface area contributed by atoms with E-state index in [9.17, 15) is 9.59 Å². The third-order valence-electron chi connectivity index (χ3n) is 4.03. The predicted octanol–water partition coefficient (Wildman–Crippen LogP) is 0.112. The summed E-state index contributed by atoms with van der Waals surface area (Å²) in [6.07, 6.45) is 3.66. The van der Waals surface area contributed by atoms with Gasteiger partial charge in [-0.1, -0.05) is 0 Å². The molecule has 2 saturated heterocycles. The number of methoxy groups -OCH3 is 1. The van der Waals surface area contributed by atoms with Crippen LogP contribution in [0.1, 0.15) is 35.7 Å². The Morgan fingerprint density at radius 3 is 2.46 bits per heavy atom. The van der Waals surface area contributed by atoms with Crippen LogP contribution in [-0.2, 0) is 19.0 Å². The Morgan fingerprint density at radius 1 is 1.33 bits per heavy atom. The second kappa shape index (κ2) is 8.65. The van der Waals surface area contributed by atoms with Gasteiger partial charge in [0.15, 0.2) is 0 Å². The maximum absolute atomic E-state index is 11.0. The molecule has 3 rings (SSSR count). The van der Waals surface area contributed by atoms with E-state index in [4.69, 9.17) is 20.9 Å². The Bertz CT molecular complexity index is 564. The third kappa shape index (κ3) is 4.68. The fraction of sp³-hybridized carbons (Fsp3) is 0.667. The topological polar surface area (TPSA) is 132 Å². The van der Waals surface area contributed by atoms with Gasteiger partial charge in [0.2, 0.25) is 0 Å². The van der Waals surface area contributed by atoms with Crippen LogP contribution in [0.4, 0.5) is 5.82 Å². The van der Waals surface area contributed by atoms with Crippen molar-refractivity contribution in [2.45, 2.75) is 25.3 Å². The molecule has 9 heteroatoms. The van der Waals surface area contributed by atoms with E-state index in [-0.39, 0.29) is 12.0 Å². The van der Waals surface area contributed by atoms with Gasteiger partial charge in [-0.25, -0.2) is 4.68 Å². The molecule has 134 valence electrons. The first kappa shape index (κ1) is 18.2. The van der Waals surface area contributed by atoms with Gasteiger partial charge < -0.3 is 25.7 Å². The minimum Gasteiger partial charge on any atom is -0.469 e. The minimum atomic E-state index is -0.536. The number of carbonyl (C=O) groups excluding carboxylic acids is 2. The maximum Gasteiger partial charge on any atom is 0.305 e. The summed E-state index contributed by atoms with van der Waals surface area (Å²) in [5.41, 5.74) is 11.2. The quantitative estimate of drug-likeness (QED) is 0.744. The lowest BCUT2D eigenvalue weighted by Gasteiger charge is -2.24. The summed E-state index contributed by atoms with van der Waals surface area (Å²) in [6.45, 7) is 2.84. The Balaban J connectivity index is 0.000000198. The molecule has 2 aliphatic rings. The molecule has 0 bridgehead atoms. The van der Waals surface area contributed by atoms with E-state index in [0.717, 1.165) is 26.1 Å². The average molecular weight is 340 g/mol. The molecule has 0 atom stereocenters. The molecule has 0 radical (unpaired) electrons. The molecule has 1 aromatic rings. The van der Waals surface area contributed by atoms with Crippen molar-refractivity contribution >= 4 is 17.7 Å². The average Bonchev–Trinajstić information content (AvgIpc) is 2.94. The molecular weight excluding hydrogens is 316 g/mol. The number of primary amides is 1. The molecule has 2 fully saturated rings.